The van der Waals surface area contributed by atoms with Gasteiger partial charge in [-0.3, -0.25) is 4.98 Å². The molecule has 29 heavy (non-hydrogen) atoms. The van der Waals surface area contributed by atoms with E-state index in [0.29, 0.717) is 43.0 Å². The largest absolute Gasteiger partial charge is 0.489 e. The van der Waals surface area contributed by atoms with Crippen LogP contribution in [-0.2, 0) is 13.0 Å². The highest BCUT2D eigenvalue weighted by Crippen LogP contribution is 2.18. The highest BCUT2D eigenvalue weighted by Gasteiger charge is 2.04. The lowest BCUT2D eigenvalue weighted by Crippen LogP contribution is -2.29. The van der Waals surface area contributed by atoms with E-state index in [9.17, 15) is 13.6 Å². The van der Waals surface area contributed by atoms with E-state index >= 15 is 0 Å². The fourth-order valence-electron chi connectivity index (χ4n) is 2.74. The summed E-state index contributed by atoms with van der Waals surface area (Å²) in [6, 6.07) is 13.9. The minimum absolute atomic E-state index is 0.361. The third kappa shape index (κ3) is 6.88. The lowest BCUT2D eigenvalue weighted by Gasteiger charge is -2.10. The van der Waals surface area contributed by atoms with Crippen molar-refractivity contribution in [1.82, 2.24) is 10.3 Å². The van der Waals surface area contributed by atoms with Crippen molar-refractivity contribution in [2.24, 2.45) is 0 Å². The Hall–Kier alpha value is -3.48. The number of ether oxygens (including phenoxy) is 1. The molecule has 0 atom stereocenters. The summed E-state index contributed by atoms with van der Waals surface area (Å²) >= 11 is 0. The zero-order chi connectivity index (χ0) is 20.5. The summed E-state index contributed by atoms with van der Waals surface area (Å²) in [6.45, 7) is 0.755. The molecule has 0 bridgehead atoms. The maximum Gasteiger partial charge on any atom is 0.319 e. The van der Waals surface area contributed by atoms with Gasteiger partial charge in [0.2, 0.25) is 0 Å². The highest BCUT2D eigenvalue weighted by molar-refractivity contribution is 5.89. The molecule has 0 aliphatic carbocycles. The van der Waals surface area contributed by atoms with Crippen LogP contribution in [-0.4, -0.2) is 17.6 Å². The van der Waals surface area contributed by atoms with Crippen molar-refractivity contribution in [1.29, 1.82) is 0 Å². The van der Waals surface area contributed by atoms with Gasteiger partial charge in [0.15, 0.2) is 0 Å². The summed E-state index contributed by atoms with van der Waals surface area (Å²) in [6.07, 6.45) is 4.45. The lowest BCUT2D eigenvalue weighted by molar-refractivity contribution is 0.252. The molecular formula is C22H21F2N3O2. The fourth-order valence-corrected chi connectivity index (χ4v) is 2.74. The van der Waals surface area contributed by atoms with Crippen LogP contribution in [0.2, 0.25) is 0 Å². The quantitative estimate of drug-likeness (QED) is 0.542. The zero-order valence-corrected chi connectivity index (χ0v) is 15.7. The summed E-state index contributed by atoms with van der Waals surface area (Å²) in [5.41, 5.74) is 2.10. The van der Waals surface area contributed by atoms with Gasteiger partial charge < -0.3 is 15.4 Å². The molecule has 0 aliphatic heterocycles. The van der Waals surface area contributed by atoms with Crippen LogP contribution in [0.25, 0.3) is 0 Å². The Labute approximate surface area is 167 Å². The van der Waals surface area contributed by atoms with Crippen molar-refractivity contribution in [3.8, 4) is 5.75 Å². The van der Waals surface area contributed by atoms with Gasteiger partial charge in [-0.2, -0.15) is 0 Å². The number of hydrogen-bond donors (Lipinski definition) is 2. The molecule has 2 aromatic carbocycles. The molecule has 3 rings (SSSR count). The number of nitrogens with one attached hydrogen (secondary N) is 2. The van der Waals surface area contributed by atoms with Crippen LogP contribution in [0.5, 0.6) is 5.75 Å². The molecular weight excluding hydrogens is 376 g/mol. The zero-order valence-electron chi connectivity index (χ0n) is 15.7. The SMILES string of the molecule is O=C(NCCCc1cc(F)cc(F)c1)Nc1cccc(OCc2cccnc2)c1. The van der Waals surface area contributed by atoms with Gasteiger partial charge in [-0.05, 0) is 48.7 Å². The second kappa shape index (κ2) is 10.2. The third-order valence-electron chi connectivity index (χ3n) is 4.07. The molecule has 0 aliphatic rings. The molecule has 2 amide bonds. The van der Waals surface area contributed by atoms with E-state index in [1.54, 1.807) is 36.7 Å². The van der Waals surface area contributed by atoms with Gasteiger partial charge in [0.05, 0.1) is 0 Å². The first-order chi connectivity index (χ1) is 14.1. The average molecular weight is 397 g/mol. The Bertz CT molecular complexity index is 932. The number of anilines is 1. The first-order valence-electron chi connectivity index (χ1n) is 9.20. The van der Waals surface area contributed by atoms with E-state index in [2.05, 4.69) is 15.6 Å². The van der Waals surface area contributed by atoms with E-state index in [0.717, 1.165) is 11.6 Å². The number of aromatic nitrogens is 1. The number of carbonyl (C=O) groups excluding carboxylic acids is 1. The molecule has 0 fully saturated rings. The predicted octanol–water partition coefficient (Wildman–Crippen LogP) is 4.69. The van der Waals surface area contributed by atoms with Crippen LogP contribution in [0.1, 0.15) is 17.5 Å². The maximum absolute atomic E-state index is 13.2. The molecule has 0 spiro atoms. The van der Waals surface area contributed by atoms with E-state index in [1.165, 1.54) is 12.1 Å². The molecule has 7 heteroatoms. The second-order valence-corrected chi connectivity index (χ2v) is 6.44. The maximum atomic E-state index is 13.2. The minimum Gasteiger partial charge on any atom is -0.489 e. The average Bonchev–Trinajstić information content (AvgIpc) is 2.70. The van der Waals surface area contributed by atoms with Gasteiger partial charge in [0.25, 0.3) is 0 Å². The number of nitrogens with zero attached hydrogens (tertiary/aromatic N) is 1. The number of amides is 2. The number of pyridine rings is 1. The standard InChI is InChI=1S/C22H21F2N3O2/c23-18-10-16(11-19(24)12-18)4-3-9-26-22(28)27-20-6-1-7-21(13-20)29-15-17-5-2-8-25-14-17/h1-2,5-8,10-14H,3-4,9,15H2,(H2,26,27,28). The molecule has 1 aromatic heterocycles. The molecule has 1 heterocycles. The third-order valence-corrected chi connectivity index (χ3v) is 4.07. The fraction of sp³-hybridized carbons (Fsp3) is 0.182. The highest BCUT2D eigenvalue weighted by atomic mass is 19.1. The normalized spacial score (nSPS) is 10.4. The van der Waals surface area contributed by atoms with E-state index < -0.39 is 11.6 Å². The number of benzene rings is 2. The Morgan fingerprint density at radius 1 is 1.00 bits per heavy atom. The molecule has 0 radical (unpaired) electrons. The van der Waals surface area contributed by atoms with Crippen molar-refractivity contribution in [3.63, 3.8) is 0 Å². The molecule has 2 N–H and O–H groups in total. The smallest absolute Gasteiger partial charge is 0.319 e. The van der Waals surface area contributed by atoms with Gasteiger partial charge in [-0.25, -0.2) is 13.6 Å². The van der Waals surface area contributed by atoms with Crippen LogP contribution in [0, 0.1) is 11.6 Å². The monoisotopic (exact) mass is 397 g/mol. The van der Waals surface area contributed by atoms with Crippen molar-refractivity contribution < 1.29 is 18.3 Å². The van der Waals surface area contributed by atoms with Crippen LogP contribution in [0.4, 0.5) is 19.3 Å². The number of hydrogen-bond acceptors (Lipinski definition) is 3. The summed E-state index contributed by atoms with van der Waals surface area (Å²) in [4.78, 5) is 16.1. The van der Waals surface area contributed by atoms with Crippen LogP contribution >= 0.6 is 0 Å². The number of halogens is 2. The molecule has 0 unspecified atom stereocenters. The Balaban J connectivity index is 1.42. The summed E-state index contributed by atoms with van der Waals surface area (Å²) in [5, 5.41) is 5.46. The summed E-state index contributed by atoms with van der Waals surface area (Å²) in [7, 11) is 0. The minimum atomic E-state index is -0.601. The first kappa shape index (κ1) is 20.3. The predicted molar refractivity (Wildman–Crippen MR) is 107 cm³/mol. The Kier molecular flexibility index (Phi) is 7.10. The number of carbonyl (C=O) groups is 1. The van der Waals surface area contributed by atoms with Crippen molar-refractivity contribution in [2.45, 2.75) is 19.4 Å². The van der Waals surface area contributed by atoms with Crippen LogP contribution in [0.15, 0.2) is 67.0 Å². The van der Waals surface area contributed by atoms with Gasteiger partial charge in [0.1, 0.15) is 24.0 Å². The van der Waals surface area contributed by atoms with E-state index in [4.69, 9.17) is 4.74 Å². The number of aryl methyl sites for hydroxylation is 1. The van der Waals surface area contributed by atoms with Gasteiger partial charge in [-0.1, -0.05) is 12.1 Å². The van der Waals surface area contributed by atoms with Gasteiger partial charge in [-0.15, -0.1) is 0 Å². The second-order valence-electron chi connectivity index (χ2n) is 6.44. The number of rotatable bonds is 8. The van der Waals surface area contributed by atoms with Gasteiger partial charge >= 0.3 is 6.03 Å². The topological polar surface area (TPSA) is 63.2 Å². The van der Waals surface area contributed by atoms with Gasteiger partial charge in [0, 0.05) is 42.3 Å². The van der Waals surface area contributed by atoms with Crippen molar-refractivity contribution in [2.75, 3.05) is 11.9 Å². The summed E-state index contributed by atoms with van der Waals surface area (Å²) in [5.74, 6) is -0.576. The number of urea groups is 1. The molecule has 150 valence electrons. The first-order valence-corrected chi connectivity index (χ1v) is 9.20. The molecule has 3 aromatic rings. The molecule has 0 saturated carbocycles. The van der Waals surface area contributed by atoms with Crippen molar-refractivity contribution in [3.05, 3.63) is 89.8 Å². The summed E-state index contributed by atoms with van der Waals surface area (Å²) < 4.78 is 32.0. The Morgan fingerprint density at radius 2 is 1.83 bits per heavy atom. The van der Waals surface area contributed by atoms with Crippen LogP contribution < -0.4 is 15.4 Å². The lowest BCUT2D eigenvalue weighted by atomic mass is 10.1. The van der Waals surface area contributed by atoms with Crippen molar-refractivity contribution >= 4 is 11.7 Å². The Morgan fingerprint density at radius 3 is 2.59 bits per heavy atom. The molecule has 5 nitrogen and oxygen atoms in total. The molecule has 0 saturated heterocycles. The van der Waals surface area contributed by atoms with E-state index in [-0.39, 0.29) is 6.03 Å². The van der Waals surface area contributed by atoms with E-state index in [1.807, 2.05) is 12.1 Å². The van der Waals surface area contributed by atoms with Crippen LogP contribution in [0.3, 0.4) is 0 Å².